The number of hydrogen-bond donors (Lipinski definition) is 1. The first-order chi connectivity index (χ1) is 18.4. The van der Waals surface area contributed by atoms with Gasteiger partial charge in [-0.2, -0.15) is 34.8 Å². The summed E-state index contributed by atoms with van der Waals surface area (Å²) in [7, 11) is -9.55. The number of halogens is 6. The molecule has 4 rings (SSSR count). The lowest BCUT2D eigenvalue weighted by Gasteiger charge is -2.42. The van der Waals surface area contributed by atoms with E-state index >= 15 is 13.2 Å². The predicted molar refractivity (Wildman–Crippen MR) is 132 cm³/mol. The summed E-state index contributed by atoms with van der Waals surface area (Å²) in [5.41, 5.74) is -5.97. The van der Waals surface area contributed by atoms with Gasteiger partial charge in [-0.05, 0) is 40.5 Å². The zero-order valence-electron chi connectivity index (χ0n) is 20.1. The molecule has 2 unspecified atom stereocenters. The number of benzene rings is 2. The number of rotatable bonds is 5. The van der Waals surface area contributed by atoms with Gasteiger partial charge < -0.3 is 0 Å². The zero-order chi connectivity index (χ0) is 29.7. The van der Waals surface area contributed by atoms with Gasteiger partial charge >= 0.3 is 12.4 Å². The Bertz CT molecular complexity index is 1720. The molecule has 212 valence electrons. The van der Waals surface area contributed by atoms with Gasteiger partial charge in [-0.25, -0.2) is 18.4 Å². The minimum Gasteiger partial charge on any atom is -0.285 e. The molecule has 15 heteroatoms. The quantitative estimate of drug-likeness (QED) is 0.317. The highest BCUT2D eigenvalue weighted by Gasteiger charge is 2.66. The maximum atomic E-state index is 15.1. The van der Waals surface area contributed by atoms with Crippen LogP contribution in [0.2, 0.25) is 0 Å². The highest BCUT2D eigenvalue weighted by molar-refractivity contribution is 7.90. The Morgan fingerprint density at radius 3 is 1.95 bits per heavy atom. The summed E-state index contributed by atoms with van der Waals surface area (Å²) in [6.07, 6.45) is -8.37. The van der Waals surface area contributed by atoms with E-state index in [0.29, 0.717) is 18.3 Å². The number of allylic oxidation sites excluding steroid dienone is 3. The smallest absolute Gasteiger partial charge is 0.285 e. The van der Waals surface area contributed by atoms with Crippen molar-refractivity contribution in [2.75, 3.05) is 6.26 Å². The molecule has 2 aromatic carbocycles. The Balaban J connectivity index is 2.14. The van der Waals surface area contributed by atoms with Crippen LogP contribution in [0.25, 0.3) is 11.1 Å². The van der Waals surface area contributed by atoms with E-state index in [1.165, 1.54) is 24.3 Å². The van der Waals surface area contributed by atoms with Gasteiger partial charge in [0, 0.05) is 12.5 Å². The van der Waals surface area contributed by atoms with E-state index in [1.54, 1.807) is 6.07 Å². The summed E-state index contributed by atoms with van der Waals surface area (Å²) >= 11 is 0. The molecule has 7 nitrogen and oxygen atoms in total. The number of aromatic nitrogens is 2. The van der Waals surface area contributed by atoms with Crippen LogP contribution in [0.4, 0.5) is 26.3 Å². The first-order valence-corrected chi connectivity index (χ1v) is 14.5. The van der Waals surface area contributed by atoms with E-state index in [2.05, 4.69) is 9.97 Å². The molecule has 1 heterocycles. The molecule has 1 aliphatic rings. The van der Waals surface area contributed by atoms with Crippen molar-refractivity contribution in [3.63, 3.8) is 0 Å². The highest BCUT2D eigenvalue weighted by Crippen LogP contribution is 2.54. The summed E-state index contributed by atoms with van der Waals surface area (Å²) in [5, 5.41) is -2.96. The third-order valence-corrected chi connectivity index (χ3v) is 8.59. The van der Waals surface area contributed by atoms with Crippen LogP contribution in [-0.4, -0.2) is 49.0 Å². The van der Waals surface area contributed by atoms with Crippen molar-refractivity contribution < 1.29 is 47.7 Å². The number of nitrogens with zero attached hydrogens (tertiary/aromatic N) is 2. The van der Waals surface area contributed by atoms with Crippen LogP contribution in [0.15, 0.2) is 83.9 Å². The predicted octanol–water partition coefficient (Wildman–Crippen LogP) is 5.14. The summed E-state index contributed by atoms with van der Waals surface area (Å²) in [4.78, 5) is 5.79. The van der Waals surface area contributed by atoms with Crippen molar-refractivity contribution in [3.8, 4) is 0 Å². The first kappa shape index (κ1) is 29.4. The second-order valence-corrected chi connectivity index (χ2v) is 12.4. The van der Waals surface area contributed by atoms with Crippen LogP contribution in [0.3, 0.4) is 0 Å². The molecule has 0 spiro atoms. The SMILES string of the molecule is CS(=O)(=O)c1ccc(C2=C(c3ccccc3)C=CC(c3ccnc(C(F)(F)F)n3)(C(F)(F)F)C2S(=O)(=O)O)cc1. The Kier molecular flexibility index (Phi) is 7.22. The molecule has 1 aromatic heterocycles. The molecule has 40 heavy (non-hydrogen) atoms. The molecule has 0 bridgehead atoms. The monoisotopic (exact) mass is 604 g/mol. The van der Waals surface area contributed by atoms with Gasteiger partial charge in [-0.3, -0.25) is 4.55 Å². The minimum atomic E-state index is -5.78. The Labute approximate surface area is 224 Å². The van der Waals surface area contributed by atoms with Gasteiger partial charge in [-0.1, -0.05) is 54.6 Å². The largest absolute Gasteiger partial charge is 0.451 e. The molecule has 0 fully saturated rings. The van der Waals surface area contributed by atoms with Crippen LogP contribution in [0.1, 0.15) is 22.6 Å². The molecule has 0 radical (unpaired) electrons. The van der Waals surface area contributed by atoms with Gasteiger partial charge in [0.2, 0.25) is 5.82 Å². The fraction of sp³-hybridized carbons (Fsp3) is 0.200. The van der Waals surface area contributed by atoms with Crippen molar-refractivity contribution in [3.05, 3.63) is 102 Å². The zero-order valence-corrected chi connectivity index (χ0v) is 21.8. The average Bonchev–Trinajstić information content (AvgIpc) is 2.86. The molecule has 0 saturated heterocycles. The average molecular weight is 605 g/mol. The molecule has 0 amide bonds. The van der Waals surface area contributed by atoms with Gasteiger partial charge in [-0.15, -0.1) is 0 Å². The van der Waals surface area contributed by atoms with E-state index in [9.17, 15) is 34.6 Å². The lowest BCUT2D eigenvalue weighted by atomic mass is 9.70. The molecule has 1 aliphatic carbocycles. The van der Waals surface area contributed by atoms with E-state index in [1.807, 2.05) is 0 Å². The summed E-state index contributed by atoms with van der Waals surface area (Å²) in [6.45, 7) is 0. The fourth-order valence-corrected chi connectivity index (χ4v) is 6.53. The van der Waals surface area contributed by atoms with Crippen LogP contribution in [0.5, 0.6) is 0 Å². The lowest BCUT2D eigenvalue weighted by Crippen LogP contribution is -2.55. The Hall–Kier alpha value is -3.56. The topological polar surface area (TPSA) is 114 Å². The summed E-state index contributed by atoms with van der Waals surface area (Å²) < 4.78 is 145. The van der Waals surface area contributed by atoms with Crippen LogP contribution in [0, 0.1) is 0 Å². The van der Waals surface area contributed by atoms with E-state index in [0.717, 1.165) is 36.6 Å². The second-order valence-electron chi connectivity index (χ2n) is 8.85. The van der Waals surface area contributed by atoms with Crippen molar-refractivity contribution >= 4 is 31.1 Å². The Morgan fingerprint density at radius 2 is 1.45 bits per heavy atom. The van der Waals surface area contributed by atoms with Gasteiger partial charge in [0.1, 0.15) is 10.7 Å². The maximum absolute atomic E-state index is 15.1. The number of hydrogen-bond acceptors (Lipinski definition) is 6. The molecule has 0 aliphatic heterocycles. The maximum Gasteiger partial charge on any atom is 0.451 e. The molecule has 2 atom stereocenters. The second kappa shape index (κ2) is 9.82. The highest BCUT2D eigenvalue weighted by atomic mass is 32.2. The third kappa shape index (κ3) is 5.28. The van der Waals surface area contributed by atoms with Crippen molar-refractivity contribution in [1.29, 1.82) is 0 Å². The number of sulfone groups is 1. The van der Waals surface area contributed by atoms with Crippen LogP contribution >= 0.6 is 0 Å². The first-order valence-electron chi connectivity index (χ1n) is 11.1. The standard InChI is InChI=1S/C25H18F6N2O5S2/c1-39(34,35)17-9-7-16(8-10-17)20-18(15-5-3-2-4-6-15)11-13-23(25(29,30)31,21(20)40(36,37)38)19-12-14-32-22(33-19)24(26,27)28/h2-14,21H,1H3,(H,36,37,38). The summed E-state index contributed by atoms with van der Waals surface area (Å²) in [5.74, 6) is -1.95. The van der Waals surface area contributed by atoms with Gasteiger partial charge in [0.25, 0.3) is 10.1 Å². The molecule has 3 aromatic rings. The normalized spacial score (nSPS) is 20.6. The third-order valence-electron chi connectivity index (χ3n) is 6.26. The van der Waals surface area contributed by atoms with E-state index in [-0.39, 0.29) is 21.6 Å². The minimum absolute atomic E-state index is 0.111. The number of alkyl halides is 6. The molecule has 1 N–H and O–H groups in total. The van der Waals surface area contributed by atoms with Gasteiger partial charge in [0.15, 0.2) is 9.84 Å². The van der Waals surface area contributed by atoms with Gasteiger partial charge in [0.05, 0.1) is 10.6 Å². The van der Waals surface area contributed by atoms with Crippen molar-refractivity contribution in [2.24, 2.45) is 0 Å². The molecular formula is C25H18F6N2O5S2. The fourth-order valence-electron chi connectivity index (χ4n) is 4.54. The lowest BCUT2D eigenvalue weighted by molar-refractivity contribution is -0.176. The summed E-state index contributed by atoms with van der Waals surface area (Å²) in [6, 6.07) is 12.1. The molecular weight excluding hydrogens is 586 g/mol. The van der Waals surface area contributed by atoms with E-state index < -0.39 is 60.1 Å². The van der Waals surface area contributed by atoms with Crippen LogP contribution in [-0.2, 0) is 31.5 Å². The molecule has 0 saturated carbocycles. The Morgan fingerprint density at radius 1 is 0.850 bits per heavy atom. The van der Waals surface area contributed by atoms with Crippen molar-refractivity contribution in [2.45, 2.75) is 27.9 Å². The van der Waals surface area contributed by atoms with E-state index in [4.69, 9.17) is 0 Å². The van der Waals surface area contributed by atoms with Crippen molar-refractivity contribution in [1.82, 2.24) is 9.97 Å². The van der Waals surface area contributed by atoms with Crippen LogP contribution < -0.4 is 0 Å².